The third kappa shape index (κ3) is 5.36. The number of thiophene rings is 1. The van der Waals surface area contributed by atoms with Gasteiger partial charge in [0.1, 0.15) is 16.9 Å². The van der Waals surface area contributed by atoms with Crippen LogP contribution in [0.4, 0.5) is 18.9 Å². The molecule has 1 atom stereocenters. The van der Waals surface area contributed by atoms with Gasteiger partial charge < -0.3 is 4.74 Å². The number of esters is 1. The molecule has 4 aromatic rings. The van der Waals surface area contributed by atoms with E-state index in [1.807, 2.05) is 25.3 Å². The molecule has 41 heavy (non-hydrogen) atoms. The second-order valence-electron chi connectivity index (χ2n) is 9.38. The van der Waals surface area contributed by atoms with Crippen LogP contribution >= 0.6 is 11.3 Å². The minimum atomic E-state index is -4.57. The zero-order valence-corrected chi connectivity index (χ0v) is 23.9. The van der Waals surface area contributed by atoms with Gasteiger partial charge in [-0.2, -0.15) is 13.2 Å². The lowest BCUT2D eigenvalue weighted by Gasteiger charge is -2.13. The Bertz CT molecular complexity index is 1770. The van der Waals surface area contributed by atoms with Crippen LogP contribution in [0.3, 0.4) is 0 Å². The van der Waals surface area contributed by atoms with E-state index in [-0.39, 0.29) is 17.0 Å². The summed E-state index contributed by atoms with van der Waals surface area (Å²) in [4.78, 5) is 18.0. The number of aliphatic imine (C=N–C) groups is 1. The number of anilines is 1. The first-order valence-corrected chi connectivity index (χ1v) is 14.6. The van der Waals surface area contributed by atoms with Gasteiger partial charge in [0.05, 0.1) is 29.7 Å². The van der Waals surface area contributed by atoms with Crippen LogP contribution in [0.2, 0.25) is 0 Å². The van der Waals surface area contributed by atoms with E-state index < -0.39 is 33.8 Å². The van der Waals surface area contributed by atoms with Crippen LogP contribution in [-0.4, -0.2) is 42.0 Å². The van der Waals surface area contributed by atoms with Crippen molar-refractivity contribution in [1.82, 2.24) is 14.8 Å². The van der Waals surface area contributed by atoms with Gasteiger partial charge >= 0.3 is 12.1 Å². The maximum atomic E-state index is 12.9. The monoisotopic (exact) mass is 603 g/mol. The Hall–Kier alpha value is -4.04. The van der Waals surface area contributed by atoms with E-state index in [1.54, 1.807) is 35.6 Å². The molecule has 0 bridgehead atoms. The molecular weight excluding hydrogens is 579 g/mol. The number of ether oxygens (including phenoxy) is 1. The van der Waals surface area contributed by atoms with Gasteiger partial charge in [-0.15, -0.1) is 21.5 Å². The topological polar surface area (TPSA) is 116 Å². The van der Waals surface area contributed by atoms with Gasteiger partial charge in [0, 0.05) is 21.7 Å². The molecule has 0 aliphatic carbocycles. The molecule has 14 heteroatoms. The highest BCUT2D eigenvalue weighted by atomic mass is 32.2. The van der Waals surface area contributed by atoms with Crippen LogP contribution in [0.1, 0.15) is 51.2 Å². The Labute approximate surface area is 237 Å². The lowest BCUT2D eigenvalue weighted by molar-refractivity contribution is -0.141. The number of benzene rings is 2. The first-order valence-electron chi connectivity index (χ1n) is 12.3. The number of rotatable bonds is 6. The summed E-state index contributed by atoms with van der Waals surface area (Å²) in [6.45, 7) is 5.80. The third-order valence-corrected chi connectivity index (χ3v) is 9.32. The fraction of sp³-hybridized carbons (Fsp3) is 0.259. The average molecular weight is 604 g/mol. The predicted molar refractivity (Wildman–Crippen MR) is 147 cm³/mol. The van der Waals surface area contributed by atoms with E-state index >= 15 is 0 Å². The Morgan fingerprint density at radius 1 is 1.05 bits per heavy atom. The molecule has 9 nitrogen and oxygen atoms in total. The second kappa shape index (κ2) is 10.4. The summed E-state index contributed by atoms with van der Waals surface area (Å²) < 4.78 is 73.5. The highest BCUT2D eigenvalue weighted by molar-refractivity contribution is 7.92. The molecule has 0 saturated carbocycles. The molecule has 5 rings (SSSR count). The first kappa shape index (κ1) is 28.5. The van der Waals surface area contributed by atoms with Gasteiger partial charge in [0.15, 0.2) is 5.82 Å². The van der Waals surface area contributed by atoms with Gasteiger partial charge in [0.25, 0.3) is 10.0 Å². The summed E-state index contributed by atoms with van der Waals surface area (Å²) in [6, 6.07) is 9.03. The number of hydrogen-bond donors (Lipinski definition) is 1. The molecule has 0 spiro atoms. The predicted octanol–water partition coefficient (Wildman–Crippen LogP) is 5.53. The van der Waals surface area contributed by atoms with Gasteiger partial charge in [-0.05, 0) is 62.7 Å². The minimum Gasteiger partial charge on any atom is -0.469 e. The van der Waals surface area contributed by atoms with Gasteiger partial charge in [-0.25, -0.2) is 8.42 Å². The third-order valence-electron chi connectivity index (χ3n) is 6.73. The number of nitrogens with zero attached hydrogens (tertiary/aromatic N) is 4. The summed E-state index contributed by atoms with van der Waals surface area (Å²) in [5.74, 6) is 0.685. The standard InChI is InChI=1S/C27H24F3N5O4S2/c1-14-15(2)40-26-23(14)24(31-21(13-22(36)39-4)25-33-32-16(3)35(25)26)17-5-9-19(10-6-17)34-41(37,38)20-11-7-18(8-12-20)27(28,29)30/h5-12,21,34H,13H2,1-4H3/t21-/m0/s1. The molecule has 1 N–H and O–H groups in total. The highest BCUT2D eigenvalue weighted by Gasteiger charge is 2.33. The Morgan fingerprint density at radius 2 is 1.71 bits per heavy atom. The number of methoxy groups -OCH3 is 1. The van der Waals surface area contributed by atoms with Crippen LogP contribution in [0.15, 0.2) is 58.4 Å². The number of hydrogen-bond acceptors (Lipinski definition) is 8. The number of carbonyl (C=O) groups is 1. The van der Waals surface area contributed by atoms with Gasteiger partial charge in [-0.1, -0.05) is 12.1 Å². The largest absolute Gasteiger partial charge is 0.469 e. The number of fused-ring (bicyclic) bond motifs is 3. The van der Waals surface area contributed by atoms with E-state index in [9.17, 15) is 26.4 Å². The molecule has 1 aliphatic heterocycles. The second-order valence-corrected chi connectivity index (χ2v) is 12.3. The number of aromatic nitrogens is 3. The molecular formula is C27H24F3N5O4S2. The zero-order valence-electron chi connectivity index (χ0n) is 22.3. The van der Waals surface area contributed by atoms with Crippen molar-refractivity contribution in [3.05, 3.63) is 87.3 Å². The number of carbonyl (C=O) groups excluding carboxylic acids is 1. The number of sulfonamides is 1. The van der Waals surface area contributed by atoms with Crippen molar-refractivity contribution in [2.45, 2.75) is 44.3 Å². The fourth-order valence-electron chi connectivity index (χ4n) is 4.50. The quantitative estimate of drug-likeness (QED) is 0.290. The van der Waals surface area contributed by atoms with Crippen LogP contribution in [0.5, 0.6) is 0 Å². The summed E-state index contributed by atoms with van der Waals surface area (Å²) >= 11 is 1.55. The maximum Gasteiger partial charge on any atom is 0.416 e. The Balaban J connectivity index is 1.52. The number of nitrogens with one attached hydrogen (secondary N) is 1. The number of halogens is 3. The van der Waals surface area contributed by atoms with Crippen LogP contribution in [-0.2, 0) is 25.7 Å². The maximum absolute atomic E-state index is 12.9. The molecule has 2 aromatic heterocycles. The van der Waals surface area contributed by atoms with Crippen LogP contribution < -0.4 is 4.72 Å². The molecule has 3 heterocycles. The molecule has 214 valence electrons. The minimum absolute atomic E-state index is 0.0594. The Kier molecular flexibility index (Phi) is 7.24. The molecule has 0 amide bonds. The molecule has 0 unspecified atom stereocenters. The number of aryl methyl sites for hydroxylation is 2. The van der Waals surface area contributed by atoms with Crippen LogP contribution in [0.25, 0.3) is 5.00 Å². The van der Waals surface area contributed by atoms with Crippen molar-refractivity contribution >= 4 is 38.7 Å². The molecule has 2 aromatic carbocycles. The molecule has 0 saturated heterocycles. The summed E-state index contributed by atoms with van der Waals surface area (Å²) in [7, 11) is -2.85. The van der Waals surface area contributed by atoms with E-state index in [2.05, 4.69) is 14.9 Å². The van der Waals surface area contributed by atoms with Crippen molar-refractivity contribution < 1.29 is 31.1 Å². The van der Waals surface area contributed by atoms with Gasteiger partial charge in [0.2, 0.25) is 0 Å². The van der Waals surface area contributed by atoms with E-state index in [0.29, 0.717) is 22.9 Å². The Morgan fingerprint density at radius 3 is 2.32 bits per heavy atom. The zero-order chi connectivity index (χ0) is 29.7. The van der Waals surface area contributed by atoms with Crippen molar-refractivity contribution in [3.8, 4) is 5.00 Å². The van der Waals surface area contributed by atoms with E-state index in [1.165, 1.54) is 7.11 Å². The summed E-state index contributed by atoms with van der Waals surface area (Å²) in [5, 5.41) is 9.40. The normalized spacial score (nSPS) is 15.0. The van der Waals surface area contributed by atoms with Crippen molar-refractivity contribution in [3.63, 3.8) is 0 Å². The lowest BCUT2D eigenvalue weighted by Crippen LogP contribution is -2.14. The molecule has 1 aliphatic rings. The first-order chi connectivity index (χ1) is 19.3. The molecule has 0 radical (unpaired) electrons. The van der Waals surface area contributed by atoms with Crippen molar-refractivity contribution in [2.24, 2.45) is 4.99 Å². The van der Waals surface area contributed by atoms with Crippen molar-refractivity contribution in [1.29, 1.82) is 0 Å². The highest BCUT2D eigenvalue weighted by Crippen LogP contribution is 2.39. The smallest absolute Gasteiger partial charge is 0.416 e. The SMILES string of the molecule is COC(=O)C[C@@H]1N=C(c2ccc(NS(=O)(=O)c3ccc(C(F)(F)F)cc3)cc2)c2c(sc(C)c2C)-n2c(C)nnc21. The average Bonchev–Trinajstić information content (AvgIpc) is 3.40. The van der Waals surface area contributed by atoms with E-state index in [0.717, 1.165) is 45.3 Å². The van der Waals surface area contributed by atoms with Crippen molar-refractivity contribution in [2.75, 3.05) is 11.8 Å². The lowest BCUT2D eigenvalue weighted by atomic mass is 9.99. The molecule has 0 fully saturated rings. The fourth-order valence-corrected chi connectivity index (χ4v) is 6.77. The number of alkyl halides is 3. The summed E-state index contributed by atoms with van der Waals surface area (Å²) in [6.07, 6.45) is -4.63. The van der Waals surface area contributed by atoms with Gasteiger partial charge in [-0.3, -0.25) is 19.1 Å². The van der Waals surface area contributed by atoms with E-state index in [4.69, 9.17) is 9.73 Å². The van der Waals surface area contributed by atoms with Crippen LogP contribution in [0, 0.1) is 20.8 Å². The summed E-state index contributed by atoms with van der Waals surface area (Å²) in [5.41, 5.74) is 2.37.